The maximum atomic E-state index is 13.1. The second kappa shape index (κ2) is 5.15. The summed E-state index contributed by atoms with van der Waals surface area (Å²) in [7, 11) is 0. The summed E-state index contributed by atoms with van der Waals surface area (Å²) in [4.78, 5) is 0. The van der Waals surface area contributed by atoms with Crippen LogP contribution < -0.4 is 0 Å². The minimum Gasteiger partial charge on any atom is -0.375 e. The molecule has 1 fully saturated rings. The number of aliphatic hydroxyl groups is 1. The zero-order valence-corrected chi connectivity index (χ0v) is 11.1. The van der Waals surface area contributed by atoms with Crippen LogP contribution in [0.1, 0.15) is 25.7 Å². The third-order valence-corrected chi connectivity index (χ3v) is 4.27. The fourth-order valence-corrected chi connectivity index (χ4v) is 2.95. The van der Waals surface area contributed by atoms with E-state index in [9.17, 15) is 26.3 Å². The molecule has 2 rings (SSSR count). The van der Waals surface area contributed by atoms with Crippen molar-refractivity contribution in [2.24, 2.45) is 11.3 Å². The third kappa shape index (κ3) is 3.06. The standard InChI is InChI=1S/C13H16F6O2/c14-11(15,12(16,17)13(18,19)20)8-21-6-5-10-3-1-9(7-10)2-4-10/h1,3,9,20H,2,4-8H2. The predicted octanol–water partition coefficient (Wildman–Crippen LogP) is 3.61. The van der Waals surface area contributed by atoms with Crippen LogP contribution in [0, 0.1) is 11.3 Å². The highest BCUT2D eigenvalue weighted by Gasteiger charge is 2.71. The van der Waals surface area contributed by atoms with Gasteiger partial charge in [-0.15, -0.1) is 0 Å². The Morgan fingerprint density at radius 1 is 1.19 bits per heavy atom. The van der Waals surface area contributed by atoms with Gasteiger partial charge in [-0.05, 0) is 37.0 Å². The van der Waals surface area contributed by atoms with E-state index < -0.39 is 24.6 Å². The van der Waals surface area contributed by atoms with E-state index in [4.69, 9.17) is 5.11 Å². The van der Waals surface area contributed by atoms with Crippen molar-refractivity contribution in [3.05, 3.63) is 12.2 Å². The summed E-state index contributed by atoms with van der Waals surface area (Å²) in [6.07, 6.45) is 1.39. The highest BCUT2D eigenvalue weighted by Crippen LogP contribution is 2.51. The van der Waals surface area contributed by atoms with E-state index in [0.717, 1.165) is 19.3 Å². The minimum atomic E-state index is -5.87. The zero-order chi connectivity index (χ0) is 15.9. The molecule has 122 valence electrons. The minimum absolute atomic E-state index is 0.136. The number of allylic oxidation sites excluding steroid dienone is 2. The van der Waals surface area contributed by atoms with E-state index >= 15 is 0 Å². The summed E-state index contributed by atoms with van der Waals surface area (Å²) in [5.41, 5.74) is -0.136. The lowest BCUT2D eigenvalue weighted by atomic mass is 9.85. The molecule has 0 aromatic heterocycles. The Balaban J connectivity index is 1.81. The summed E-state index contributed by atoms with van der Waals surface area (Å²) in [5.74, 6) is -10.5. The number of fused-ring (bicyclic) bond motifs is 2. The van der Waals surface area contributed by atoms with E-state index in [1.54, 1.807) is 0 Å². The van der Waals surface area contributed by atoms with Gasteiger partial charge in [-0.2, -0.15) is 26.3 Å². The fourth-order valence-electron chi connectivity index (χ4n) is 2.95. The van der Waals surface area contributed by atoms with Crippen LogP contribution >= 0.6 is 0 Å². The highest BCUT2D eigenvalue weighted by molar-refractivity contribution is 5.15. The normalized spacial score (nSPS) is 29.4. The zero-order valence-electron chi connectivity index (χ0n) is 11.1. The van der Waals surface area contributed by atoms with Crippen molar-refractivity contribution in [3.63, 3.8) is 0 Å². The van der Waals surface area contributed by atoms with E-state index in [1.165, 1.54) is 0 Å². The van der Waals surface area contributed by atoms with Crippen molar-refractivity contribution < 1.29 is 36.2 Å². The summed E-state index contributed by atoms with van der Waals surface area (Å²) < 4.78 is 80.3. The van der Waals surface area contributed by atoms with Crippen LogP contribution in [-0.4, -0.2) is 36.3 Å². The Hall–Kier alpha value is -0.760. The third-order valence-electron chi connectivity index (χ3n) is 4.27. The van der Waals surface area contributed by atoms with Crippen molar-refractivity contribution in [1.82, 2.24) is 0 Å². The van der Waals surface area contributed by atoms with E-state index in [0.29, 0.717) is 12.3 Å². The van der Waals surface area contributed by atoms with E-state index in [2.05, 4.69) is 4.74 Å². The Bertz CT molecular complexity index is 417. The lowest BCUT2D eigenvalue weighted by molar-refractivity contribution is -0.389. The molecule has 2 unspecified atom stereocenters. The number of halogens is 6. The van der Waals surface area contributed by atoms with Gasteiger partial charge in [-0.1, -0.05) is 12.2 Å². The van der Waals surface area contributed by atoms with Gasteiger partial charge < -0.3 is 9.84 Å². The molecule has 2 bridgehead atoms. The van der Waals surface area contributed by atoms with E-state index in [1.807, 2.05) is 12.2 Å². The number of hydrogen-bond donors (Lipinski definition) is 1. The monoisotopic (exact) mass is 318 g/mol. The average molecular weight is 318 g/mol. The molecule has 1 N–H and O–H groups in total. The van der Waals surface area contributed by atoms with Crippen LogP contribution in [0.2, 0.25) is 0 Å². The molecule has 0 amide bonds. The van der Waals surface area contributed by atoms with Crippen LogP contribution in [0.4, 0.5) is 26.3 Å². The Labute approximate surface area is 117 Å². The van der Waals surface area contributed by atoms with Crippen LogP contribution in [0.15, 0.2) is 12.2 Å². The first-order chi connectivity index (χ1) is 9.49. The molecule has 0 aromatic rings. The molecule has 0 heterocycles. The molecule has 8 heteroatoms. The molecule has 21 heavy (non-hydrogen) atoms. The molecular weight excluding hydrogens is 302 g/mol. The summed E-state index contributed by atoms with van der Waals surface area (Å²) in [6, 6.07) is 0. The van der Waals surface area contributed by atoms with Crippen LogP contribution in [-0.2, 0) is 4.74 Å². The number of alkyl halides is 6. The molecule has 2 aliphatic rings. The van der Waals surface area contributed by atoms with Gasteiger partial charge in [0.2, 0.25) is 0 Å². The lowest BCUT2D eigenvalue weighted by Gasteiger charge is -2.29. The molecule has 2 atom stereocenters. The maximum absolute atomic E-state index is 13.1. The average Bonchev–Trinajstić information content (AvgIpc) is 2.94. The fraction of sp³-hybridized carbons (Fsp3) is 0.846. The Morgan fingerprint density at radius 3 is 2.29 bits per heavy atom. The smallest absolute Gasteiger partial charge is 0.375 e. The van der Waals surface area contributed by atoms with E-state index in [-0.39, 0.29) is 12.0 Å². The van der Waals surface area contributed by atoms with Crippen LogP contribution in [0.5, 0.6) is 0 Å². The number of rotatable bonds is 7. The van der Waals surface area contributed by atoms with Crippen molar-refractivity contribution in [2.75, 3.05) is 13.2 Å². The van der Waals surface area contributed by atoms with Gasteiger partial charge in [0.1, 0.15) is 6.61 Å². The first-order valence-electron chi connectivity index (χ1n) is 6.62. The van der Waals surface area contributed by atoms with Gasteiger partial charge in [0.15, 0.2) is 0 Å². The van der Waals surface area contributed by atoms with Gasteiger partial charge in [-0.3, -0.25) is 0 Å². The van der Waals surface area contributed by atoms with Crippen LogP contribution in [0.3, 0.4) is 0 Å². The molecule has 0 spiro atoms. The van der Waals surface area contributed by atoms with Gasteiger partial charge in [-0.25, -0.2) is 0 Å². The Morgan fingerprint density at radius 2 is 1.86 bits per heavy atom. The molecule has 2 nitrogen and oxygen atoms in total. The van der Waals surface area contributed by atoms with Crippen molar-refractivity contribution in [2.45, 2.75) is 43.6 Å². The molecule has 0 radical (unpaired) electrons. The Kier molecular flexibility index (Phi) is 4.08. The topological polar surface area (TPSA) is 29.5 Å². The second-order valence-corrected chi connectivity index (χ2v) is 5.85. The first-order valence-corrected chi connectivity index (χ1v) is 6.62. The molecule has 0 aromatic carbocycles. The first kappa shape index (κ1) is 16.6. The van der Waals surface area contributed by atoms with Crippen LogP contribution in [0.25, 0.3) is 0 Å². The van der Waals surface area contributed by atoms with Crippen molar-refractivity contribution in [3.8, 4) is 0 Å². The number of hydrogen-bond acceptors (Lipinski definition) is 2. The largest absolute Gasteiger partial charge is 0.423 e. The SMILES string of the molecule is OC(F)(F)C(F)(F)C(F)(F)COCCC12C=CC(CC1)C2. The summed E-state index contributed by atoms with van der Waals surface area (Å²) >= 11 is 0. The predicted molar refractivity (Wildman–Crippen MR) is 61.4 cm³/mol. The molecule has 0 aliphatic heterocycles. The molecule has 1 saturated carbocycles. The number of ether oxygens (including phenoxy) is 1. The second-order valence-electron chi connectivity index (χ2n) is 5.85. The summed E-state index contributed by atoms with van der Waals surface area (Å²) in [5, 5.41) is 7.87. The van der Waals surface area contributed by atoms with Gasteiger partial charge in [0, 0.05) is 6.61 Å². The quantitative estimate of drug-likeness (QED) is 0.441. The lowest BCUT2D eigenvalue weighted by Crippen LogP contribution is -2.56. The van der Waals surface area contributed by atoms with Gasteiger partial charge in [0.05, 0.1) is 0 Å². The molecular formula is C13H16F6O2. The van der Waals surface area contributed by atoms with Gasteiger partial charge >= 0.3 is 18.0 Å². The molecule has 0 saturated heterocycles. The van der Waals surface area contributed by atoms with Crippen molar-refractivity contribution >= 4 is 0 Å². The summed E-state index contributed by atoms with van der Waals surface area (Å²) in [6.45, 7) is -2.08. The van der Waals surface area contributed by atoms with Gasteiger partial charge in [0.25, 0.3) is 0 Å². The highest BCUT2D eigenvalue weighted by atomic mass is 19.3. The maximum Gasteiger partial charge on any atom is 0.423 e. The molecule has 2 aliphatic carbocycles. The van der Waals surface area contributed by atoms with Crippen molar-refractivity contribution in [1.29, 1.82) is 0 Å².